The maximum Gasteiger partial charge on any atom is 0.0236 e. The van der Waals surface area contributed by atoms with Gasteiger partial charge in [-0.25, -0.2) is 0 Å². The zero-order valence-corrected chi connectivity index (χ0v) is 14.5. The van der Waals surface area contributed by atoms with Crippen molar-refractivity contribution in [3.05, 3.63) is 34.4 Å². The smallest absolute Gasteiger partial charge is 0.0236 e. The van der Waals surface area contributed by atoms with Gasteiger partial charge in [-0.3, -0.25) is 9.80 Å². The molecule has 122 valence electrons. The van der Waals surface area contributed by atoms with Crippen LogP contribution in [-0.4, -0.2) is 36.0 Å². The minimum atomic E-state index is 1.15. The lowest BCUT2D eigenvalue weighted by atomic mass is 9.97. The fourth-order valence-corrected chi connectivity index (χ4v) is 4.06. The van der Waals surface area contributed by atoms with Crippen molar-refractivity contribution in [2.24, 2.45) is 0 Å². The van der Waals surface area contributed by atoms with Crippen LogP contribution in [0.15, 0.2) is 12.1 Å². The molecule has 0 N–H and O–H groups in total. The van der Waals surface area contributed by atoms with Crippen LogP contribution in [0.3, 0.4) is 0 Å². The van der Waals surface area contributed by atoms with Gasteiger partial charge in [0.15, 0.2) is 0 Å². The van der Waals surface area contributed by atoms with Crippen molar-refractivity contribution in [1.82, 2.24) is 9.80 Å². The number of aryl methyl sites for hydroxylation is 1. The fourth-order valence-electron chi connectivity index (χ4n) is 4.06. The van der Waals surface area contributed by atoms with Crippen LogP contribution in [0.1, 0.15) is 60.8 Å². The van der Waals surface area contributed by atoms with Gasteiger partial charge in [-0.15, -0.1) is 0 Å². The number of hydrogen-bond donors (Lipinski definition) is 0. The van der Waals surface area contributed by atoms with Gasteiger partial charge in [0.25, 0.3) is 0 Å². The summed E-state index contributed by atoms with van der Waals surface area (Å²) < 4.78 is 0. The Hall–Kier alpha value is -0.860. The third-order valence-electron chi connectivity index (χ3n) is 5.45. The fraction of sp³-hybridized carbons (Fsp3) is 0.700. The van der Waals surface area contributed by atoms with Crippen LogP contribution < -0.4 is 0 Å². The number of nitrogens with zero attached hydrogens (tertiary/aromatic N) is 2. The number of rotatable bonds is 4. The van der Waals surface area contributed by atoms with E-state index in [1.807, 2.05) is 0 Å². The number of likely N-dealkylation sites (tertiary alicyclic amines) is 2. The van der Waals surface area contributed by atoms with Gasteiger partial charge < -0.3 is 0 Å². The zero-order chi connectivity index (χ0) is 15.4. The summed E-state index contributed by atoms with van der Waals surface area (Å²) in [7, 11) is 0. The molecule has 2 heteroatoms. The molecule has 2 aliphatic rings. The number of hydrogen-bond acceptors (Lipinski definition) is 2. The summed E-state index contributed by atoms with van der Waals surface area (Å²) in [6, 6.07) is 4.84. The Labute approximate surface area is 136 Å². The van der Waals surface area contributed by atoms with Crippen LogP contribution in [0.25, 0.3) is 0 Å². The van der Waals surface area contributed by atoms with Crippen molar-refractivity contribution in [2.75, 3.05) is 26.2 Å². The van der Waals surface area contributed by atoms with Crippen molar-refractivity contribution in [1.29, 1.82) is 0 Å². The highest BCUT2D eigenvalue weighted by molar-refractivity contribution is 5.38. The maximum absolute atomic E-state index is 2.65. The van der Waals surface area contributed by atoms with E-state index >= 15 is 0 Å². The first-order valence-corrected chi connectivity index (χ1v) is 9.26. The Morgan fingerprint density at radius 1 is 0.682 bits per heavy atom. The third kappa shape index (κ3) is 4.11. The van der Waals surface area contributed by atoms with Gasteiger partial charge >= 0.3 is 0 Å². The molecule has 22 heavy (non-hydrogen) atoms. The SMILES string of the molecule is Cc1cc(CN2CCCCC2)c(C)c(CN2CCCCC2)c1. The Kier molecular flexibility index (Phi) is 5.54. The van der Waals surface area contributed by atoms with Crippen LogP contribution >= 0.6 is 0 Å². The van der Waals surface area contributed by atoms with E-state index in [1.165, 1.54) is 70.3 Å². The molecule has 0 amide bonds. The molecule has 3 rings (SSSR count). The molecule has 2 heterocycles. The van der Waals surface area contributed by atoms with Crippen molar-refractivity contribution >= 4 is 0 Å². The Morgan fingerprint density at radius 2 is 1.09 bits per heavy atom. The first-order valence-electron chi connectivity index (χ1n) is 9.26. The minimum Gasteiger partial charge on any atom is -0.299 e. The van der Waals surface area contributed by atoms with E-state index in [2.05, 4.69) is 35.8 Å². The summed E-state index contributed by atoms with van der Waals surface area (Å²) in [4.78, 5) is 5.30. The molecule has 0 saturated carbocycles. The summed E-state index contributed by atoms with van der Waals surface area (Å²) in [6.45, 7) is 12.1. The second kappa shape index (κ2) is 7.61. The maximum atomic E-state index is 2.65. The molecular formula is C20H32N2. The minimum absolute atomic E-state index is 1.15. The molecule has 0 atom stereocenters. The highest BCUT2D eigenvalue weighted by Gasteiger charge is 2.16. The topological polar surface area (TPSA) is 6.48 Å². The van der Waals surface area contributed by atoms with Crippen LogP contribution in [0.2, 0.25) is 0 Å². The summed E-state index contributed by atoms with van der Waals surface area (Å²) in [5, 5.41) is 0. The van der Waals surface area contributed by atoms with Crippen molar-refractivity contribution in [3.8, 4) is 0 Å². The average Bonchev–Trinajstić information content (AvgIpc) is 2.54. The van der Waals surface area contributed by atoms with Crippen molar-refractivity contribution in [3.63, 3.8) is 0 Å². The van der Waals surface area contributed by atoms with E-state index < -0.39 is 0 Å². The molecule has 2 nitrogen and oxygen atoms in total. The summed E-state index contributed by atoms with van der Waals surface area (Å²) in [5.41, 5.74) is 6.11. The quantitative estimate of drug-likeness (QED) is 0.819. The van der Waals surface area contributed by atoms with Gasteiger partial charge in [-0.1, -0.05) is 30.5 Å². The Balaban J connectivity index is 1.72. The molecule has 0 bridgehead atoms. The van der Waals surface area contributed by atoms with E-state index in [9.17, 15) is 0 Å². The van der Waals surface area contributed by atoms with Gasteiger partial charge in [0.1, 0.15) is 0 Å². The normalized spacial score (nSPS) is 21.2. The number of benzene rings is 1. The van der Waals surface area contributed by atoms with Gasteiger partial charge in [-0.2, -0.15) is 0 Å². The largest absolute Gasteiger partial charge is 0.299 e. The first kappa shape index (κ1) is 16.0. The first-order chi connectivity index (χ1) is 10.7. The summed E-state index contributed by atoms with van der Waals surface area (Å²) >= 11 is 0. The summed E-state index contributed by atoms with van der Waals surface area (Å²) in [6.07, 6.45) is 8.36. The van der Waals surface area contributed by atoms with E-state index in [1.54, 1.807) is 16.7 Å². The lowest BCUT2D eigenvalue weighted by Gasteiger charge is -2.29. The van der Waals surface area contributed by atoms with Gasteiger partial charge in [0, 0.05) is 13.1 Å². The highest BCUT2D eigenvalue weighted by Crippen LogP contribution is 2.23. The van der Waals surface area contributed by atoms with Crippen molar-refractivity contribution in [2.45, 2.75) is 65.5 Å². The van der Waals surface area contributed by atoms with Crippen LogP contribution in [0.4, 0.5) is 0 Å². The molecule has 2 aliphatic heterocycles. The molecule has 0 spiro atoms. The van der Waals surface area contributed by atoms with E-state index in [0.717, 1.165) is 13.1 Å². The molecule has 1 aromatic rings. The standard InChI is InChI=1S/C20H32N2/c1-17-13-19(15-21-9-5-3-6-10-21)18(2)20(14-17)16-22-11-7-4-8-12-22/h13-14H,3-12,15-16H2,1-2H3. The lowest BCUT2D eigenvalue weighted by Crippen LogP contribution is -2.31. The van der Waals surface area contributed by atoms with Crippen LogP contribution in [-0.2, 0) is 13.1 Å². The van der Waals surface area contributed by atoms with Gasteiger partial charge in [-0.05, 0) is 82.4 Å². The predicted octanol–water partition coefficient (Wildman–Crippen LogP) is 4.28. The monoisotopic (exact) mass is 300 g/mol. The molecule has 0 unspecified atom stereocenters. The van der Waals surface area contributed by atoms with E-state index in [0.29, 0.717) is 0 Å². The lowest BCUT2D eigenvalue weighted by molar-refractivity contribution is 0.217. The molecule has 0 aromatic heterocycles. The number of piperidine rings is 2. The van der Waals surface area contributed by atoms with Gasteiger partial charge in [0.2, 0.25) is 0 Å². The average molecular weight is 300 g/mol. The van der Waals surface area contributed by atoms with E-state index in [-0.39, 0.29) is 0 Å². The molecule has 2 fully saturated rings. The van der Waals surface area contributed by atoms with E-state index in [4.69, 9.17) is 0 Å². The Bertz CT molecular complexity index is 441. The zero-order valence-electron chi connectivity index (χ0n) is 14.5. The molecular weight excluding hydrogens is 268 g/mol. The predicted molar refractivity (Wildman–Crippen MR) is 94.2 cm³/mol. The second-order valence-corrected chi connectivity index (χ2v) is 7.38. The van der Waals surface area contributed by atoms with Crippen LogP contribution in [0, 0.1) is 13.8 Å². The molecule has 2 saturated heterocycles. The highest BCUT2D eigenvalue weighted by atomic mass is 15.1. The summed E-state index contributed by atoms with van der Waals surface area (Å²) in [5.74, 6) is 0. The van der Waals surface area contributed by atoms with Crippen LogP contribution in [0.5, 0.6) is 0 Å². The third-order valence-corrected chi connectivity index (χ3v) is 5.45. The van der Waals surface area contributed by atoms with Gasteiger partial charge in [0.05, 0.1) is 0 Å². The second-order valence-electron chi connectivity index (χ2n) is 7.38. The Morgan fingerprint density at radius 3 is 1.50 bits per heavy atom. The molecule has 0 aliphatic carbocycles. The van der Waals surface area contributed by atoms with Crippen molar-refractivity contribution < 1.29 is 0 Å². The molecule has 1 aromatic carbocycles. The molecule has 0 radical (unpaired) electrons.